The molecule has 2 aromatic heterocycles. The molecule has 3 rings (SSSR count). The molecule has 21 heavy (non-hydrogen) atoms. The Kier molecular flexibility index (Phi) is 4.57. The summed E-state index contributed by atoms with van der Waals surface area (Å²) in [7, 11) is 0. The fraction of sp³-hybridized carbons (Fsp3) is 0.333. The average molecular weight is 382 g/mol. The standard InChI is InChI=1S/C15H16BrN3S2/c16-10-6-11(21-8-10)7-18-15-12(14(17)20)5-9-3-1-2-4-13(9)19-15/h5-6,8H,1-4,7H2,(H2,17,20)(H,18,19). The normalized spacial score (nSPS) is 13.8. The average Bonchev–Trinajstić information content (AvgIpc) is 2.89. The lowest BCUT2D eigenvalue weighted by Gasteiger charge is -2.19. The fourth-order valence-corrected chi connectivity index (χ4v) is 4.12. The lowest BCUT2D eigenvalue weighted by atomic mass is 9.94. The summed E-state index contributed by atoms with van der Waals surface area (Å²) in [5.41, 5.74) is 9.22. The quantitative estimate of drug-likeness (QED) is 0.784. The van der Waals surface area contributed by atoms with E-state index in [4.69, 9.17) is 22.9 Å². The number of rotatable bonds is 4. The molecule has 0 atom stereocenters. The van der Waals surface area contributed by atoms with Crippen LogP contribution in [0.1, 0.15) is 34.5 Å². The third-order valence-corrected chi connectivity index (χ3v) is 5.54. The molecule has 0 amide bonds. The van der Waals surface area contributed by atoms with Crippen molar-refractivity contribution in [1.82, 2.24) is 4.98 Å². The minimum absolute atomic E-state index is 0.408. The van der Waals surface area contributed by atoms with Gasteiger partial charge in [0.25, 0.3) is 0 Å². The lowest BCUT2D eigenvalue weighted by molar-refractivity contribution is 0.668. The predicted octanol–water partition coefficient (Wildman–Crippen LogP) is 4.03. The van der Waals surface area contributed by atoms with Crippen molar-refractivity contribution in [2.24, 2.45) is 5.73 Å². The summed E-state index contributed by atoms with van der Waals surface area (Å²) >= 11 is 10.4. The molecule has 0 bridgehead atoms. The molecule has 3 nitrogen and oxygen atoms in total. The van der Waals surface area contributed by atoms with Crippen molar-refractivity contribution >= 4 is 50.3 Å². The topological polar surface area (TPSA) is 50.9 Å². The van der Waals surface area contributed by atoms with Gasteiger partial charge in [0.15, 0.2) is 0 Å². The van der Waals surface area contributed by atoms with Gasteiger partial charge in [-0.2, -0.15) is 0 Å². The van der Waals surface area contributed by atoms with Gasteiger partial charge in [-0.15, -0.1) is 11.3 Å². The summed E-state index contributed by atoms with van der Waals surface area (Å²) in [5.74, 6) is 0.813. The van der Waals surface area contributed by atoms with E-state index in [-0.39, 0.29) is 0 Å². The number of nitrogens with zero attached hydrogens (tertiary/aromatic N) is 1. The highest BCUT2D eigenvalue weighted by Gasteiger charge is 2.16. The molecule has 0 unspecified atom stereocenters. The zero-order valence-electron chi connectivity index (χ0n) is 11.5. The van der Waals surface area contributed by atoms with Crippen LogP contribution in [0.15, 0.2) is 22.0 Å². The maximum Gasteiger partial charge on any atom is 0.136 e. The number of halogens is 1. The van der Waals surface area contributed by atoms with Crippen molar-refractivity contribution in [2.45, 2.75) is 32.2 Å². The number of nitrogens with one attached hydrogen (secondary N) is 1. The number of nitrogens with two attached hydrogens (primary N) is 1. The maximum atomic E-state index is 5.87. The zero-order chi connectivity index (χ0) is 14.8. The SMILES string of the molecule is NC(=S)c1cc2c(nc1NCc1cc(Br)cs1)CCCC2. The molecule has 0 saturated heterocycles. The molecule has 2 aromatic rings. The van der Waals surface area contributed by atoms with E-state index in [0.29, 0.717) is 4.99 Å². The second-order valence-corrected chi connectivity index (χ2v) is 7.50. The Balaban J connectivity index is 1.87. The van der Waals surface area contributed by atoms with Gasteiger partial charge in [0, 0.05) is 20.4 Å². The van der Waals surface area contributed by atoms with Crippen molar-refractivity contribution in [2.75, 3.05) is 5.32 Å². The van der Waals surface area contributed by atoms with Crippen LogP contribution in [-0.2, 0) is 19.4 Å². The van der Waals surface area contributed by atoms with E-state index >= 15 is 0 Å². The molecule has 0 fully saturated rings. The highest BCUT2D eigenvalue weighted by atomic mass is 79.9. The van der Waals surface area contributed by atoms with Crippen LogP contribution in [0, 0.1) is 0 Å². The van der Waals surface area contributed by atoms with Gasteiger partial charge < -0.3 is 11.1 Å². The Labute approximate surface area is 142 Å². The smallest absolute Gasteiger partial charge is 0.136 e. The Morgan fingerprint density at radius 1 is 1.38 bits per heavy atom. The molecule has 2 heterocycles. The zero-order valence-corrected chi connectivity index (χ0v) is 14.7. The van der Waals surface area contributed by atoms with Crippen LogP contribution in [0.25, 0.3) is 0 Å². The van der Waals surface area contributed by atoms with Crippen molar-refractivity contribution in [3.63, 3.8) is 0 Å². The molecule has 1 aliphatic carbocycles. The molecule has 6 heteroatoms. The highest BCUT2D eigenvalue weighted by Crippen LogP contribution is 2.26. The van der Waals surface area contributed by atoms with Crippen LogP contribution in [0.4, 0.5) is 5.82 Å². The van der Waals surface area contributed by atoms with Crippen molar-refractivity contribution < 1.29 is 0 Å². The summed E-state index contributed by atoms with van der Waals surface area (Å²) in [6.07, 6.45) is 4.56. The van der Waals surface area contributed by atoms with Crippen LogP contribution in [0.5, 0.6) is 0 Å². The first kappa shape index (κ1) is 14.9. The van der Waals surface area contributed by atoms with Crippen molar-refractivity contribution in [3.8, 4) is 0 Å². The minimum atomic E-state index is 0.408. The maximum absolute atomic E-state index is 5.87. The lowest BCUT2D eigenvalue weighted by Crippen LogP contribution is -2.17. The van der Waals surface area contributed by atoms with Crippen LogP contribution >= 0.6 is 39.5 Å². The minimum Gasteiger partial charge on any atom is -0.389 e. The van der Waals surface area contributed by atoms with E-state index in [9.17, 15) is 0 Å². The Hall–Kier alpha value is -0.980. The number of aryl methyl sites for hydroxylation is 2. The number of thiophene rings is 1. The number of hydrogen-bond acceptors (Lipinski definition) is 4. The summed E-state index contributed by atoms with van der Waals surface area (Å²) in [6.45, 7) is 0.734. The van der Waals surface area contributed by atoms with E-state index in [1.807, 2.05) is 0 Å². The van der Waals surface area contributed by atoms with Crippen LogP contribution in [-0.4, -0.2) is 9.97 Å². The van der Waals surface area contributed by atoms with Gasteiger partial charge in [-0.05, 0) is 59.3 Å². The summed E-state index contributed by atoms with van der Waals surface area (Å²) in [4.78, 5) is 6.42. The second-order valence-electron chi connectivity index (χ2n) is 5.15. The molecule has 0 radical (unpaired) electrons. The van der Waals surface area contributed by atoms with Gasteiger partial charge in [0.05, 0.1) is 12.1 Å². The van der Waals surface area contributed by atoms with E-state index < -0.39 is 0 Å². The predicted molar refractivity (Wildman–Crippen MR) is 96.1 cm³/mol. The summed E-state index contributed by atoms with van der Waals surface area (Å²) in [5, 5.41) is 5.46. The van der Waals surface area contributed by atoms with Crippen LogP contribution in [0.2, 0.25) is 0 Å². The molecule has 0 spiro atoms. The first-order valence-electron chi connectivity index (χ1n) is 6.93. The van der Waals surface area contributed by atoms with E-state index in [0.717, 1.165) is 35.2 Å². The van der Waals surface area contributed by atoms with E-state index in [1.165, 1.54) is 29.0 Å². The Morgan fingerprint density at radius 3 is 2.90 bits per heavy atom. The molecular weight excluding hydrogens is 366 g/mol. The van der Waals surface area contributed by atoms with Crippen LogP contribution < -0.4 is 11.1 Å². The Bertz CT molecular complexity index is 682. The van der Waals surface area contributed by atoms with E-state index in [1.54, 1.807) is 11.3 Å². The van der Waals surface area contributed by atoms with Crippen molar-refractivity contribution in [1.29, 1.82) is 0 Å². The number of fused-ring (bicyclic) bond motifs is 1. The molecule has 1 aliphatic rings. The molecule has 3 N–H and O–H groups in total. The van der Waals surface area contributed by atoms with Gasteiger partial charge in [-0.25, -0.2) is 4.98 Å². The summed E-state index contributed by atoms with van der Waals surface area (Å²) in [6, 6.07) is 4.23. The Morgan fingerprint density at radius 2 is 2.19 bits per heavy atom. The second kappa shape index (κ2) is 6.42. The number of pyridine rings is 1. The monoisotopic (exact) mass is 381 g/mol. The first-order valence-corrected chi connectivity index (χ1v) is 9.01. The van der Waals surface area contributed by atoms with Gasteiger partial charge in [-0.1, -0.05) is 12.2 Å². The molecule has 0 aliphatic heterocycles. The van der Waals surface area contributed by atoms with Gasteiger partial charge >= 0.3 is 0 Å². The number of aromatic nitrogens is 1. The molecule has 0 saturated carbocycles. The fourth-order valence-electron chi connectivity index (χ4n) is 2.57. The number of anilines is 1. The summed E-state index contributed by atoms with van der Waals surface area (Å²) < 4.78 is 1.11. The molecule has 0 aromatic carbocycles. The third-order valence-electron chi connectivity index (χ3n) is 3.62. The third kappa shape index (κ3) is 3.44. The molecule has 110 valence electrons. The number of hydrogen-bond donors (Lipinski definition) is 2. The molecular formula is C15H16BrN3S2. The largest absolute Gasteiger partial charge is 0.389 e. The first-order chi connectivity index (χ1) is 10.1. The van der Waals surface area contributed by atoms with Crippen LogP contribution in [0.3, 0.4) is 0 Å². The highest BCUT2D eigenvalue weighted by molar-refractivity contribution is 9.10. The van der Waals surface area contributed by atoms with E-state index in [2.05, 4.69) is 38.8 Å². The van der Waals surface area contributed by atoms with Gasteiger partial charge in [-0.3, -0.25) is 0 Å². The van der Waals surface area contributed by atoms with Gasteiger partial charge in [0.2, 0.25) is 0 Å². The van der Waals surface area contributed by atoms with Gasteiger partial charge in [0.1, 0.15) is 10.8 Å². The van der Waals surface area contributed by atoms with Crippen molar-refractivity contribution in [3.05, 3.63) is 43.7 Å². The number of thiocarbonyl (C=S) groups is 1.